The number of ether oxygens (including phenoxy) is 2. The predicted octanol–water partition coefficient (Wildman–Crippen LogP) is 12.0. The van der Waals surface area contributed by atoms with E-state index >= 15 is 0 Å². The molecule has 0 spiro atoms. The molecule has 53 heavy (non-hydrogen) atoms. The van der Waals surface area contributed by atoms with E-state index in [1.165, 1.54) is 56.1 Å². The summed E-state index contributed by atoms with van der Waals surface area (Å²) in [6, 6.07) is 24.6. The average molecular weight is 747 g/mol. The summed E-state index contributed by atoms with van der Waals surface area (Å²) in [6.45, 7) is 25.7. The summed E-state index contributed by atoms with van der Waals surface area (Å²) in [5, 5.41) is 9.11. The maximum atomic E-state index is 5.85. The second kappa shape index (κ2) is 15.0. The molecule has 0 unspecified atom stereocenters. The Hall–Kier alpha value is -5.24. The average Bonchev–Trinajstić information content (AvgIpc) is 3.83. The Morgan fingerprint density at radius 1 is 0.491 bits per heavy atom. The van der Waals surface area contributed by atoms with Crippen LogP contribution in [0.4, 0.5) is 22.7 Å². The standard InChI is InChI=1S/2C22H23N3O.Fe/c2*1-14-10-15(2)22(16(3)11-14)25-13-24(17(4)18(25)5)12-21-23-19-8-6-7-9-20(19)26-21;/h2*6-13H,1-5H3;/q2*-2;+4/b2*21-12+;. The van der Waals surface area contributed by atoms with Crippen LogP contribution in [0.25, 0.3) is 10.6 Å². The zero-order valence-corrected chi connectivity index (χ0v) is 33.2. The number of benzene rings is 4. The van der Waals surface area contributed by atoms with Crippen LogP contribution in [0.15, 0.2) is 120 Å². The molecule has 0 aliphatic carbocycles. The molecule has 8 rings (SSSR count). The van der Waals surface area contributed by atoms with Crippen LogP contribution in [0.5, 0.6) is 11.5 Å². The van der Waals surface area contributed by atoms with Gasteiger partial charge in [0.2, 0.25) is 0 Å². The van der Waals surface area contributed by atoms with Crippen molar-refractivity contribution in [3.63, 3.8) is 0 Å². The third-order valence-corrected chi connectivity index (χ3v) is 9.90. The molecule has 9 heteroatoms. The number of anilines is 2. The molecule has 4 aromatic rings. The normalized spacial score (nSPS) is 17.3. The Labute approximate surface area is 325 Å². The quantitative estimate of drug-likeness (QED) is 0.153. The van der Waals surface area contributed by atoms with E-state index in [1.54, 1.807) is 0 Å². The second-order valence-corrected chi connectivity index (χ2v) is 13.9. The van der Waals surface area contributed by atoms with E-state index in [9.17, 15) is 0 Å². The predicted molar refractivity (Wildman–Crippen MR) is 212 cm³/mol. The van der Waals surface area contributed by atoms with Crippen molar-refractivity contribution in [3.05, 3.63) is 177 Å². The van der Waals surface area contributed by atoms with Crippen LogP contribution in [0.2, 0.25) is 0 Å². The number of rotatable bonds is 4. The van der Waals surface area contributed by atoms with Gasteiger partial charge in [0.25, 0.3) is 0 Å². The molecule has 8 nitrogen and oxygen atoms in total. The number of para-hydroxylation sites is 4. The molecule has 0 atom stereocenters. The summed E-state index contributed by atoms with van der Waals surface area (Å²) in [7, 11) is 0. The summed E-state index contributed by atoms with van der Waals surface area (Å²) in [4.78, 5) is 8.66. The van der Waals surface area contributed by atoms with E-state index in [-0.39, 0.29) is 17.1 Å². The zero-order chi connectivity index (χ0) is 36.8. The van der Waals surface area contributed by atoms with E-state index in [1.807, 2.05) is 60.9 Å². The Morgan fingerprint density at radius 2 is 0.830 bits per heavy atom. The first-order valence-electron chi connectivity index (χ1n) is 17.6. The third-order valence-electron chi connectivity index (χ3n) is 9.90. The van der Waals surface area contributed by atoms with Crippen LogP contribution in [-0.4, -0.2) is 9.80 Å². The molecule has 4 aromatic carbocycles. The van der Waals surface area contributed by atoms with Gasteiger partial charge in [-0.15, -0.1) is 13.3 Å². The molecule has 4 aliphatic rings. The summed E-state index contributed by atoms with van der Waals surface area (Å²) in [5.74, 6) is 2.82. The van der Waals surface area contributed by atoms with E-state index in [4.69, 9.17) is 9.47 Å². The molecule has 4 aliphatic heterocycles. The van der Waals surface area contributed by atoms with E-state index in [0.717, 1.165) is 34.3 Å². The Bertz CT molecular complexity index is 1950. The van der Waals surface area contributed by atoms with Gasteiger partial charge in [0.15, 0.2) is 0 Å². The zero-order valence-electron chi connectivity index (χ0n) is 32.1. The van der Waals surface area contributed by atoms with Crippen molar-refractivity contribution in [2.45, 2.75) is 69.2 Å². The molecule has 4 heterocycles. The topological polar surface area (TPSA) is 59.6 Å². The molecule has 0 radical (unpaired) electrons. The van der Waals surface area contributed by atoms with Crippen molar-refractivity contribution >= 4 is 22.7 Å². The fourth-order valence-electron chi connectivity index (χ4n) is 7.26. The number of nitrogens with zero attached hydrogens (tertiary/aromatic N) is 6. The van der Waals surface area contributed by atoms with Crippen LogP contribution >= 0.6 is 0 Å². The van der Waals surface area contributed by atoms with Gasteiger partial charge < -0.3 is 39.7 Å². The van der Waals surface area contributed by atoms with Crippen LogP contribution in [0.3, 0.4) is 0 Å². The largest absolute Gasteiger partial charge is 4.00 e. The fraction of sp³-hybridized carbons (Fsp3) is 0.227. The van der Waals surface area contributed by atoms with Crippen molar-refractivity contribution in [1.82, 2.24) is 9.80 Å². The van der Waals surface area contributed by atoms with Gasteiger partial charge in [0, 0.05) is 45.9 Å². The summed E-state index contributed by atoms with van der Waals surface area (Å²) >= 11 is 0. The van der Waals surface area contributed by atoms with Gasteiger partial charge in [-0.2, -0.15) is 0 Å². The van der Waals surface area contributed by atoms with Crippen molar-refractivity contribution in [1.29, 1.82) is 0 Å². The monoisotopic (exact) mass is 746 g/mol. The molecule has 0 fully saturated rings. The van der Waals surface area contributed by atoms with Crippen molar-refractivity contribution < 1.29 is 26.5 Å². The molecule has 272 valence electrons. The molecule has 0 N–H and O–H groups in total. The Kier molecular flexibility index (Phi) is 10.6. The minimum Gasteiger partial charge on any atom is -0.623 e. The molecule has 0 amide bonds. The Morgan fingerprint density at radius 3 is 1.17 bits per heavy atom. The van der Waals surface area contributed by atoms with Gasteiger partial charge in [-0.1, -0.05) is 83.2 Å². The molecular formula is C44H46FeN6O2. The molecule has 0 aromatic heterocycles. The van der Waals surface area contributed by atoms with Gasteiger partial charge in [-0.3, -0.25) is 0 Å². The second-order valence-electron chi connectivity index (χ2n) is 13.9. The summed E-state index contributed by atoms with van der Waals surface area (Å²) in [6.07, 6.45) is 3.88. The number of hydrogen-bond donors (Lipinski definition) is 0. The van der Waals surface area contributed by atoms with E-state index in [2.05, 4.69) is 137 Å². The van der Waals surface area contributed by atoms with Crippen LogP contribution in [-0.2, 0) is 17.1 Å². The Balaban J connectivity index is 0.000000178. The number of aryl methyl sites for hydroxylation is 6. The third kappa shape index (κ3) is 7.37. The fourth-order valence-corrected chi connectivity index (χ4v) is 7.26. The smallest absolute Gasteiger partial charge is 0.623 e. The SMILES string of the molecule is CC1=C(C)N(c2c(C)cc(C)cc2C)[CH-]N1/C=C1\[N-]c2ccccc2O1.CC1=C(C)N(c2c(C)cc(C)cc2C)[CH-]N1/C=C1\[N-]c2ccccc2O1.[Fe+4]. The van der Waals surface area contributed by atoms with Gasteiger partial charge in [0.1, 0.15) is 11.5 Å². The molecule has 0 saturated heterocycles. The van der Waals surface area contributed by atoms with Crippen LogP contribution < -0.4 is 19.3 Å². The minimum absolute atomic E-state index is 0. The van der Waals surface area contributed by atoms with E-state index in [0.29, 0.717) is 11.8 Å². The van der Waals surface area contributed by atoms with Crippen molar-refractivity contribution in [3.8, 4) is 11.5 Å². The van der Waals surface area contributed by atoms with Crippen molar-refractivity contribution in [2.24, 2.45) is 0 Å². The van der Waals surface area contributed by atoms with Gasteiger partial charge in [0.05, 0.1) is 0 Å². The van der Waals surface area contributed by atoms with Gasteiger partial charge >= 0.3 is 17.1 Å². The molecule has 0 saturated carbocycles. The van der Waals surface area contributed by atoms with Crippen molar-refractivity contribution in [2.75, 3.05) is 9.80 Å². The summed E-state index contributed by atoms with van der Waals surface area (Å²) in [5.41, 5.74) is 16.6. The number of fused-ring (bicyclic) bond motifs is 2. The molecular weight excluding hydrogens is 700 g/mol. The maximum Gasteiger partial charge on any atom is 4.00 e. The summed E-state index contributed by atoms with van der Waals surface area (Å²) < 4.78 is 11.7. The van der Waals surface area contributed by atoms with Crippen LogP contribution in [0.1, 0.15) is 61.1 Å². The van der Waals surface area contributed by atoms with Gasteiger partial charge in [-0.05, 0) is 116 Å². The molecule has 0 bridgehead atoms. The van der Waals surface area contributed by atoms with Gasteiger partial charge in [-0.25, -0.2) is 0 Å². The maximum absolute atomic E-state index is 5.85. The number of allylic oxidation sites excluding steroid dienone is 4. The first kappa shape index (κ1) is 37.5. The number of hydrogen-bond acceptors (Lipinski definition) is 6. The minimum atomic E-state index is 0. The first-order chi connectivity index (χ1) is 24.9. The first-order valence-corrected chi connectivity index (χ1v) is 17.6. The van der Waals surface area contributed by atoms with E-state index < -0.39 is 0 Å². The van der Waals surface area contributed by atoms with Crippen LogP contribution in [0, 0.1) is 54.9 Å².